The third-order valence-corrected chi connectivity index (χ3v) is 3.81. The summed E-state index contributed by atoms with van der Waals surface area (Å²) in [5.41, 5.74) is 0.773. The van der Waals surface area contributed by atoms with E-state index in [1.165, 1.54) is 12.1 Å². The molecule has 0 saturated carbocycles. The number of halogens is 4. The van der Waals surface area contributed by atoms with Gasteiger partial charge in [0, 0.05) is 10.2 Å². The number of nitrogens with one attached hydrogen (secondary N) is 2. The summed E-state index contributed by atoms with van der Waals surface area (Å²) in [7, 11) is 0. The number of hydrogen-bond donors (Lipinski definition) is 2. The minimum atomic E-state index is -0.507. The molecule has 0 spiro atoms. The van der Waals surface area contributed by atoms with Crippen molar-refractivity contribution in [1.29, 1.82) is 0 Å². The number of amides is 1. The molecule has 2 rings (SSSR count). The van der Waals surface area contributed by atoms with E-state index in [-0.39, 0.29) is 18.1 Å². The molecule has 3 nitrogen and oxygen atoms in total. The Bertz CT molecular complexity index is 682. The van der Waals surface area contributed by atoms with Crippen molar-refractivity contribution < 1.29 is 9.18 Å². The van der Waals surface area contributed by atoms with Gasteiger partial charge >= 0.3 is 0 Å². The molecular weight excluding hydrogens is 382 g/mol. The van der Waals surface area contributed by atoms with Crippen LogP contribution in [0.2, 0.25) is 10.0 Å². The van der Waals surface area contributed by atoms with Crippen LogP contribution >= 0.6 is 39.1 Å². The van der Waals surface area contributed by atoms with E-state index in [4.69, 9.17) is 23.2 Å². The first-order valence-electron chi connectivity index (χ1n) is 5.89. The van der Waals surface area contributed by atoms with Gasteiger partial charge in [-0.15, -0.1) is 0 Å². The maximum absolute atomic E-state index is 13.6. The topological polar surface area (TPSA) is 41.1 Å². The largest absolute Gasteiger partial charge is 0.376 e. The molecule has 0 atom stereocenters. The first-order chi connectivity index (χ1) is 9.95. The summed E-state index contributed by atoms with van der Waals surface area (Å²) in [5.74, 6) is -0.880. The summed E-state index contributed by atoms with van der Waals surface area (Å²) in [5, 5.41) is 6.18. The molecule has 0 fully saturated rings. The van der Waals surface area contributed by atoms with Crippen LogP contribution in [0, 0.1) is 5.82 Å². The number of rotatable bonds is 4. The fraction of sp³-hybridized carbons (Fsp3) is 0.0714. The molecule has 0 bridgehead atoms. The molecule has 7 heteroatoms. The minimum absolute atomic E-state index is 0.0204. The highest BCUT2D eigenvalue weighted by Crippen LogP contribution is 2.25. The van der Waals surface area contributed by atoms with Crippen molar-refractivity contribution in [1.82, 2.24) is 0 Å². The second-order valence-corrected chi connectivity index (χ2v) is 5.88. The Morgan fingerprint density at radius 3 is 2.57 bits per heavy atom. The lowest BCUT2D eigenvalue weighted by Gasteiger charge is -2.09. The van der Waals surface area contributed by atoms with Crippen molar-refractivity contribution in [3.8, 4) is 0 Å². The van der Waals surface area contributed by atoms with Crippen LogP contribution in [0.15, 0.2) is 40.9 Å². The van der Waals surface area contributed by atoms with Gasteiger partial charge in [0.1, 0.15) is 5.82 Å². The lowest BCUT2D eigenvalue weighted by Crippen LogP contribution is -2.22. The Labute approximate surface area is 139 Å². The van der Waals surface area contributed by atoms with E-state index >= 15 is 0 Å². The second-order valence-electron chi connectivity index (χ2n) is 4.15. The van der Waals surface area contributed by atoms with Crippen molar-refractivity contribution in [2.75, 3.05) is 17.2 Å². The zero-order chi connectivity index (χ0) is 15.4. The molecule has 0 aromatic heterocycles. The summed E-state index contributed by atoms with van der Waals surface area (Å²) >= 11 is 14.8. The zero-order valence-electron chi connectivity index (χ0n) is 10.6. The predicted octanol–water partition coefficient (Wildman–Crippen LogP) is 4.95. The second kappa shape index (κ2) is 7.11. The molecule has 2 aromatic rings. The summed E-state index contributed by atoms with van der Waals surface area (Å²) in [6.45, 7) is -0.0204. The number of carbonyl (C=O) groups is 1. The van der Waals surface area contributed by atoms with Gasteiger partial charge in [-0.2, -0.15) is 0 Å². The molecule has 0 aliphatic carbocycles. The SMILES string of the molecule is O=C(CNc1ccc(Cl)c(Cl)c1)Nc1ccc(Br)cc1F. The number of hydrogen-bond acceptors (Lipinski definition) is 2. The van der Waals surface area contributed by atoms with Crippen molar-refractivity contribution in [3.63, 3.8) is 0 Å². The Morgan fingerprint density at radius 2 is 1.90 bits per heavy atom. The molecule has 0 aliphatic rings. The summed E-state index contributed by atoms with van der Waals surface area (Å²) in [6.07, 6.45) is 0. The van der Waals surface area contributed by atoms with E-state index in [0.717, 1.165) is 0 Å². The van der Waals surface area contributed by atoms with E-state index in [0.29, 0.717) is 20.2 Å². The molecule has 0 radical (unpaired) electrons. The minimum Gasteiger partial charge on any atom is -0.376 e. The van der Waals surface area contributed by atoms with Gasteiger partial charge in [0.15, 0.2) is 0 Å². The summed E-state index contributed by atoms with van der Waals surface area (Å²) < 4.78 is 14.2. The molecule has 2 aromatic carbocycles. The molecule has 21 heavy (non-hydrogen) atoms. The van der Waals surface area contributed by atoms with Gasteiger partial charge in [0.2, 0.25) is 5.91 Å². The lowest BCUT2D eigenvalue weighted by molar-refractivity contribution is -0.114. The Morgan fingerprint density at radius 1 is 1.14 bits per heavy atom. The quantitative estimate of drug-likeness (QED) is 0.774. The number of anilines is 2. The van der Waals surface area contributed by atoms with Crippen LogP contribution in [-0.2, 0) is 4.79 Å². The van der Waals surface area contributed by atoms with E-state index in [1.54, 1.807) is 24.3 Å². The zero-order valence-corrected chi connectivity index (χ0v) is 13.7. The summed E-state index contributed by atoms with van der Waals surface area (Å²) in [6, 6.07) is 9.33. The van der Waals surface area contributed by atoms with Crippen LogP contribution in [0.3, 0.4) is 0 Å². The van der Waals surface area contributed by atoms with Crippen LogP contribution in [-0.4, -0.2) is 12.5 Å². The average molecular weight is 392 g/mol. The average Bonchev–Trinajstić information content (AvgIpc) is 2.43. The molecular formula is C14H10BrCl2FN2O. The first-order valence-corrected chi connectivity index (χ1v) is 7.44. The molecule has 1 amide bonds. The van der Waals surface area contributed by atoms with Crippen molar-refractivity contribution in [2.45, 2.75) is 0 Å². The monoisotopic (exact) mass is 390 g/mol. The Hall–Kier alpha value is -1.30. The highest BCUT2D eigenvalue weighted by molar-refractivity contribution is 9.10. The maximum atomic E-state index is 13.6. The molecule has 0 unspecified atom stereocenters. The predicted molar refractivity (Wildman–Crippen MR) is 87.7 cm³/mol. The molecule has 0 heterocycles. The van der Waals surface area contributed by atoms with Crippen LogP contribution in [0.4, 0.5) is 15.8 Å². The van der Waals surface area contributed by atoms with Crippen molar-refractivity contribution in [2.24, 2.45) is 0 Å². The lowest BCUT2D eigenvalue weighted by atomic mass is 10.3. The van der Waals surface area contributed by atoms with Gasteiger partial charge < -0.3 is 10.6 Å². The Balaban J connectivity index is 1.94. The fourth-order valence-corrected chi connectivity index (χ4v) is 2.20. The fourth-order valence-electron chi connectivity index (χ4n) is 1.57. The standard InChI is InChI=1S/C14H10BrCl2FN2O/c15-8-1-4-13(12(18)5-8)20-14(21)7-19-9-2-3-10(16)11(17)6-9/h1-6,19H,7H2,(H,20,21). The van der Waals surface area contributed by atoms with Gasteiger partial charge in [-0.25, -0.2) is 4.39 Å². The number of carbonyl (C=O) groups excluding carboxylic acids is 1. The van der Waals surface area contributed by atoms with E-state index in [1.807, 2.05) is 0 Å². The van der Waals surface area contributed by atoms with Crippen molar-refractivity contribution >= 4 is 56.4 Å². The molecule has 110 valence electrons. The molecule has 2 N–H and O–H groups in total. The van der Waals surface area contributed by atoms with Crippen LogP contribution < -0.4 is 10.6 Å². The smallest absolute Gasteiger partial charge is 0.243 e. The van der Waals surface area contributed by atoms with Crippen molar-refractivity contribution in [3.05, 3.63) is 56.7 Å². The van der Waals surface area contributed by atoms with Crippen LogP contribution in [0.25, 0.3) is 0 Å². The first kappa shape index (κ1) is 16.1. The van der Waals surface area contributed by atoms with Gasteiger partial charge in [0.05, 0.1) is 22.3 Å². The number of benzene rings is 2. The molecule has 0 saturated heterocycles. The maximum Gasteiger partial charge on any atom is 0.243 e. The third kappa shape index (κ3) is 4.59. The van der Waals surface area contributed by atoms with Crippen LogP contribution in [0.5, 0.6) is 0 Å². The van der Waals surface area contributed by atoms with E-state index < -0.39 is 5.82 Å². The highest BCUT2D eigenvalue weighted by atomic mass is 79.9. The van der Waals surface area contributed by atoms with E-state index in [9.17, 15) is 9.18 Å². The van der Waals surface area contributed by atoms with Gasteiger partial charge in [-0.05, 0) is 36.4 Å². The van der Waals surface area contributed by atoms with Gasteiger partial charge in [-0.3, -0.25) is 4.79 Å². The third-order valence-electron chi connectivity index (χ3n) is 2.58. The summed E-state index contributed by atoms with van der Waals surface area (Å²) in [4.78, 5) is 11.8. The highest BCUT2D eigenvalue weighted by Gasteiger charge is 2.07. The molecule has 0 aliphatic heterocycles. The van der Waals surface area contributed by atoms with Gasteiger partial charge in [-0.1, -0.05) is 39.1 Å². The van der Waals surface area contributed by atoms with Gasteiger partial charge in [0.25, 0.3) is 0 Å². The Kier molecular flexibility index (Phi) is 5.45. The van der Waals surface area contributed by atoms with Crippen LogP contribution in [0.1, 0.15) is 0 Å². The normalized spacial score (nSPS) is 10.3. The van der Waals surface area contributed by atoms with E-state index in [2.05, 4.69) is 26.6 Å².